The van der Waals surface area contributed by atoms with E-state index in [1.54, 1.807) is 6.92 Å². The van der Waals surface area contributed by atoms with Crippen molar-refractivity contribution in [3.05, 3.63) is 35.8 Å². The van der Waals surface area contributed by atoms with Crippen molar-refractivity contribution in [3.63, 3.8) is 0 Å². The van der Waals surface area contributed by atoms with Crippen molar-refractivity contribution < 1.29 is 21.8 Å². The second kappa shape index (κ2) is 6.41. The van der Waals surface area contributed by atoms with Gasteiger partial charge in [0.25, 0.3) is 0 Å². The zero-order valence-electron chi connectivity index (χ0n) is 11.6. The first-order valence-electron chi connectivity index (χ1n) is 6.06. The van der Waals surface area contributed by atoms with Crippen LogP contribution in [0.15, 0.2) is 34.3 Å². The summed E-state index contributed by atoms with van der Waals surface area (Å²) in [7, 11) is -1.32. The Bertz CT molecular complexity index is 713. The van der Waals surface area contributed by atoms with Crippen molar-refractivity contribution >= 4 is 22.6 Å². The van der Waals surface area contributed by atoms with Crippen LogP contribution in [0.4, 0.5) is 17.6 Å². The summed E-state index contributed by atoms with van der Waals surface area (Å²) < 4.78 is 63.5. The smallest absolute Gasteiger partial charge is 0.253 e. The molecule has 3 nitrogen and oxygen atoms in total. The van der Waals surface area contributed by atoms with Crippen LogP contribution in [0, 0.1) is 12.7 Å². The van der Waals surface area contributed by atoms with Crippen LogP contribution in [0.2, 0.25) is 0 Å². The number of rotatable bonds is 4. The largest absolute Gasteiger partial charge is 0.398 e. The Morgan fingerprint density at radius 3 is 2.59 bits per heavy atom. The van der Waals surface area contributed by atoms with Crippen molar-refractivity contribution in [2.24, 2.45) is 0 Å². The lowest BCUT2D eigenvalue weighted by molar-refractivity contribution is -0.105. The van der Waals surface area contributed by atoms with E-state index >= 15 is 0 Å². The molecule has 0 bridgehead atoms. The van der Waals surface area contributed by atoms with E-state index in [0.717, 1.165) is 6.07 Å². The molecule has 0 spiro atoms. The number of halogens is 4. The van der Waals surface area contributed by atoms with E-state index in [2.05, 4.69) is 5.10 Å². The van der Waals surface area contributed by atoms with Gasteiger partial charge in [0.05, 0.1) is 16.6 Å². The maximum Gasteiger partial charge on any atom is 0.398 e. The number of hydrogen-bond acceptors (Lipinski definition) is 3. The number of alkyl halides is 3. The molecule has 120 valence electrons. The minimum atomic E-state index is -4.30. The summed E-state index contributed by atoms with van der Waals surface area (Å²) in [5, 5.41) is 4.23. The highest BCUT2D eigenvalue weighted by atomic mass is 32.2. The standard InChI is InChI=1S/C13H12F4N2OS2/c1-8-5-9(14)10(6-11(8)21-7-13(15,16)17)19-4-3-12(18-19)22(2)20/h3-6H,7H2,1-2H3. The zero-order valence-corrected chi connectivity index (χ0v) is 13.3. The topological polar surface area (TPSA) is 34.9 Å². The highest BCUT2D eigenvalue weighted by Crippen LogP contribution is 2.31. The lowest BCUT2D eigenvalue weighted by Crippen LogP contribution is -2.11. The molecule has 1 atom stereocenters. The molecule has 0 N–H and O–H groups in total. The van der Waals surface area contributed by atoms with E-state index in [1.165, 1.54) is 29.3 Å². The molecule has 0 saturated heterocycles. The monoisotopic (exact) mass is 352 g/mol. The van der Waals surface area contributed by atoms with Crippen molar-refractivity contribution in [2.75, 3.05) is 12.0 Å². The number of thioether (sulfide) groups is 1. The van der Waals surface area contributed by atoms with Gasteiger partial charge in [-0.15, -0.1) is 11.8 Å². The van der Waals surface area contributed by atoms with Crippen LogP contribution >= 0.6 is 11.8 Å². The minimum absolute atomic E-state index is 0.0203. The first-order chi connectivity index (χ1) is 10.2. The molecular formula is C13H12F4N2OS2. The summed E-state index contributed by atoms with van der Waals surface area (Å²) in [6, 6.07) is 3.95. The summed E-state index contributed by atoms with van der Waals surface area (Å²) in [6.07, 6.45) is -1.45. The SMILES string of the molecule is Cc1cc(F)c(-n2ccc(S(C)=O)n2)cc1SCC(F)(F)F. The molecule has 0 saturated carbocycles. The molecular weight excluding hydrogens is 340 g/mol. The van der Waals surface area contributed by atoms with E-state index in [-0.39, 0.29) is 10.7 Å². The van der Waals surface area contributed by atoms with Gasteiger partial charge >= 0.3 is 6.18 Å². The second-order valence-electron chi connectivity index (χ2n) is 4.53. The molecule has 1 aromatic heterocycles. The first-order valence-corrected chi connectivity index (χ1v) is 8.61. The molecule has 0 aliphatic heterocycles. The number of benzene rings is 1. The van der Waals surface area contributed by atoms with Gasteiger partial charge in [-0.1, -0.05) is 0 Å². The zero-order chi connectivity index (χ0) is 16.5. The Morgan fingerprint density at radius 1 is 1.36 bits per heavy atom. The Kier molecular flexibility index (Phi) is 4.96. The quantitative estimate of drug-likeness (QED) is 0.621. The Hall–Kier alpha value is -1.35. The lowest BCUT2D eigenvalue weighted by Gasteiger charge is -2.11. The fraction of sp³-hybridized carbons (Fsp3) is 0.308. The summed E-state index contributed by atoms with van der Waals surface area (Å²) in [5.41, 5.74) is 0.439. The van der Waals surface area contributed by atoms with Crippen LogP contribution in [-0.2, 0) is 10.8 Å². The highest BCUT2D eigenvalue weighted by molar-refractivity contribution is 7.99. The summed E-state index contributed by atoms with van der Waals surface area (Å²) in [5.74, 6) is -1.66. The Labute approximate surface area is 131 Å². The molecule has 1 aromatic carbocycles. The number of nitrogens with zero attached hydrogens (tertiary/aromatic N) is 2. The third-order valence-corrected chi connectivity index (χ3v) is 4.77. The minimum Gasteiger partial charge on any atom is -0.253 e. The van der Waals surface area contributed by atoms with E-state index in [1.807, 2.05) is 0 Å². The van der Waals surface area contributed by atoms with Crippen molar-refractivity contribution in [1.82, 2.24) is 9.78 Å². The molecule has 0 radical (unpaired) electrons. The number of aromatic nitrogens is 2. The number of aryl methyl sites for hydroxylation is 1. The van der Waals surface area contributed by atoms with Gasteiger partial charge < -0.3 is 0 Å². The van der Waals surface area contributed by atoms with Crippen molar-refractivity contribution in [1.29, 1.82) is 0 Å². The fourth-order valence-corrected chi connectivity index (χ4v) is 2.98. The average molecular weight is 352 g/mol. The molecule has 0 aliphatic rings. The van der Waals surface area contributed by atoms with Crippen LogP contribution in [0.5, 0.6) is 0 Å². The highest BCUT2D eigenvalue weighted by Gasteiger charge is 2.27. The molecule has 1 heterocycles. The molecule has 9 heteroatoms. The van der Waals surface area contributed by atoms with Gasteiger partial charge in [-0.3, -0.25) is 4.21 Å². The average Bonchev–Trinajstić information content (AvgIpc) is 2.86. The molecule has 2 rings (SSSR count). The van der Waals surface area contributed by atoms with Crippen LogP contribution < -0.4 is 0 Å². The Morgan fingerprint density at radius 2 is 2.05 bits per heavy atom. The van der Waals surface area contributed by atoms with Crippen LogP contribution in [0.3, 0.4) is 0 Å². The second-order valence-corrected chi connectivity index (χ2v) is 6.87. The van der Waals surface area contributed by atoms with Gasteiger partial charge in [-0.05, 0) is 30.7 Å². The Balaban J connectivity index is 2.36. The maximum atomic E-state index is 14.0. The maximum absolute atomic E-state index is 14.0. The van der Waals surface area contributed by atoms with E-state index in [4.69, 9.17) is 0 Å². The van der Waals surface area contributed by atoms with Crippen molar-refractivity contribution in [2.45, 2.75) is 23.0 Å². The summed E-state index contributed by atoms with van der Waals surface area (Å²) in [6.45, 7) is 1.54. The van der Waals surface area contributed by atoms with Gasteiger partial charge in [0.2, 0.25) is 0 Å². The summed E-state index contributed by atoms with van der Waals surface area (Å²) in [4.78, 5) is 0.323. The van der Waals surface area contributed by atoms with Crippen LogP contribution in [0.1, 0.15) is 5.56 Å². The van der Waals surface area contributed by atoms with Gasteiger partial charge in [0.15, 0.2) is 0 Å². The lowest BCUT2D eigenvalue weighted by atomic mass is 10.2. The van der Waals surface area contributed by atoms with E-state index < -0.39 is 28.5 Å². The third kappa shape index (κ3) is 4.10. The first kappa shape index (κ1) is 17.0. The third-order valence-electron chi connectivity index (χ3n) is 2.74. The van der Waals surface area contributed by atoms with Crippen molar-refractivity contribution in [3.8, 4) is 5.69 Å². The van der Waals surface area contributed by atoms with Gasteiger partial charge in [-0.2, -0.15) is 18.3 Å². The molecule has 22 heavy (non-hydrogen) atoms. The van der Waals surface area contributed by atoms with Gasteiger partial charge in [0, 0.05) is 17.3 Å². The van der Waals surface area contributed by atoms with E-state index in [0.29, 0.717) is 22.2 Å². The summed E-state index contributed by atoms with van der Waals surface area (Å²) >= 11 is 0.592. The molecule has 0 amide bonds. The predicted octanol–water partition coefficient (Wildman–Crippen LogP) is 3.71. The molecule has 0 fully saturated rings. The molecule has 2 aromatic rings. The molecule has 0 aliphatic carbocycles. The molecule has 1 unspecified atom stereocenters. The predicted molar refractivity (Wildman–Crippen MR) is 77.4 cm³/mol. The van der Waals surface area contributed by atoms with E-state index in [9.17, 15) is 21.8 Å². The van der Waals surface area contributed by atoms with Crippen LogP contribution in [-0.4, -0.2) is 32.2 Å². The normalized spacial score (nSPS) is 13.4. The number of hydrogen-bond donors (Lipinski definition) is 0. The van der Waals surface area contributed by atoms with Crippen LogP contribution in [0.25, 0.3) is 5.69 Å². The van der Waals surface area contributed by atoms with Gasteiger partial charge in [0.1, 0.15) is 16.5 Å². The fourth-order valence-electron chi connectivity index (χ4n) is 1.73. The van der Waals surface area contributed by atoms with Gasteiger partial charge in [-0.25, -0.2) is 9.07 Å².